The average Bonchev–Trinajstić information content (AvgIpc) is 2.74. The van der Waals surface area contributed by atoms with Crippen molar-refractivity contribution in [2.75, 3.05) is 6.61 Å². The van der Waals surface area contributed by atoms with Crippen LogP contribution in [-0.2, 0) is 6.61 Å². The second-order valence-corrected chi connectivity index (χ2v) is 7.61. The average molecular weight is 487 g/mol. The number of benzene rings is 3. The molecule has 0 saturated carbocycles. The molecule has 3 aromatic rings. The van der Waals surface area contributed by atoms with Crippen LogP contribution in [0.1, 0.15) is 23.6 Å². The molecule has 3 rings (SSSR count). The summed E-state index contributed by atoms with van der Waals surface area (Å²) in [6.45, 7) is 2.67. The zero-order valence-corrected chi connectivity index (χ0v) is 18.5. The van der Waals surface area contributed by atoms with E-state index in [0.717, 1.165) is 5.56 Å². The summed E-state index contributed by atoms with van der Waals surface area (Å²) in [5.41, 5.74) is 2.10. The lowest BCUT2D eigenvalue weighted by Gasteiger charge is -2.14. The van der Waals surface area contributed by atoms with E-state index in [1.807, 2.05) is 19.1 Å². The molecule has 0 heterocycles. The van der Waals surface area contributed by atoms with Crippen molar-refractivity contribution in [3.63, 3.8) is 0 Å². The first-order valence-corrected chi connectivity index (χ1v) is 10.4. The Balaban J connectivity index is 1.93. The van der Waals surface area contributed by atoms with E-state index in [4.69, 9.17) is 21.1 Å². The molecule has 6 heteroatoms. The fourth-order valence-electron chi connectivity index (χ4n) is 2.79. The van der Waals surface area contributed by atoms with Crippen LogP contribution in [0.15, 0.2) is 65.1 Å². The van der Waals surface area contributed by atoms with Gasteiger partial charge in [0.1, 0.15) is 12.4 Å². The number of nitriles is 1. The van der Waals surface area contributed by atoms with Crippen LogP contribution in [0, 0.1) is 17.1 Å². The molecule has 0 aliphatic heterocycles. The Hall–Kier alpha value is -2.81. The summed E-state index contributed by atoms with van der Waals surface area (Å²) in [7, 11) is 0. The molecule has 0 aliphatic rings. The molecule has 0 atom stereocenters. The van der Waals surface area contributed by atoms with Crippen molar-refractivity contribution in [1.29, 1.82) is 5.26 Å². The third-order valence-electron chi connectivity index (χ3n) is 4.25. The van der Waals surface area contributed by atoms with Gasteiger partial charge in [-0.1, -0.05) is 57.9 Å². The maximum atomic E-state index is 14.1. The van der Waals surface area contributed by atoms with Gasteiger partial charge in [0.15, 0.2) is 11.5 Å². The number of allylic oxidation sites excluding steroid dienone is 1. The first kappa shape index (κ1) is 21.9. The highest BCUT2D eigenvalue weighted by molar-refractivity contribution is 9.10. The Bertz CT molecular complexity index is 1110. The van der Waals surface area contributed by atoms with E-state index >= 15 is 0 Å². The minimum absolute atomic E-state index is 0.214. The second kappa shape index (κ2) is 10.3. The molecule has 0 aromatic heterocycles. The van der Waals surface area contributed by atoms with E-state index in [-0.39, 0.29) is 11.1 Å². The van der Waals surface area contributed by atoms with Crippen molar-refractivity contribution >= 4 is 39.2 Å². The van der Waals surface area contributed by atoms with Gasteiger partial charge in [-0.05, 0) is 54.5 Å². The number of nitrogens with zero attached hydrogens (tertiary/aromatic N) is 1. The number of hydrogen-bond acceptors (Lipinski definition) is 3. The molecular weight excluding hydrogens is 469 g/mol. The van der Waals surface area contributed by atoms with Gasteiger partial charge in [0, 0.05) is 15.1 Å². The number of ether oxygens (including phenoxy) is 2. The van der Waals surface area contributed by atoms with Crippen molar-refractivity contribution in [2.45, 2.75) is 13.5 Å². The Kier molecular flexibility index (Phi) is 7.51. The van der Waals surface area contributed by atoms with Crippen LogP contribution >= 0.6 is 27.5 Å². The Morgan fingerprint density at radius 2 is 1.80 bits per heavy atom. The summed E-state index contributed by atoms with van der Waals surface area (Å²) in [4.78, 5) is 0. The standard InChI is InChI=1S/C24H18BrClFNO2/c1-2-29-23-12-17(11-18(14-28)20-5-3-4-6-22(20)27)21(25)13-24(23)30-15-16-7-9-19(26)10-8-16/h3-13H,2,15H2,1H3. The van der Waals surface area contributed by atoms with E-state index in [1.54, 1.807) is 48.5 Å². The van der Waals surface area contributed by atoms with Crippen LogP contribution in [0.2, 0.25) is 5.02 Å². The number of rotatable bonds is 7. The van der Waals surface area contributed by atoms with Crippen LogP contribution in [0.4, 0.5) is 4.39 Å². The van der Waals surface area contributed by atoms with Gasteiger partial charge in [0.05, 0.1) is 18.2 Å². The molecule has 152 valence electrons. The summed E-state index contributed by atoms with van der Waals surface area (Å²) in [5, 5.41) is 10.2. The van der Waals surface area contributed by atoms with Crippen LogP contribution in [0.5, 0.6) is 11.5 Å². The van der Waals surface area contributed by atoms with Gasteiger partial charge < -0.3 is 9.47 Å². The molecule has 0 radical (unpaired) electrons. The van der Waals surface area contributed by atoms with Crippen molar-refractivity contribution in [1.82, 2.24) is 0 Å². The molecular formula is C24H18BrClFNO2. The lowest BCUT2D eigenvalue weighted by molar-refractivity contribution is 0.269. The third-order valence-corrected chi connectivity index (χ3v) is 5.19. The van der Waals surface area contributed by atoms with E-state index in [1.165, 1.54) is 6.07 Å². The predicted octanol–water partition coefficient (Wildman–Crippen LogP) is 7.28. The highest BCUT2D eigenvalue weighted by Gasteiger charge is 2.13. The van der Waals surface area contributed by atoms with Crippen LogP contribution in [0.3, 0.4) is 0 Å². The SMILES string of the molecule is CCOc1cc(C=C(C#N)c2ccccc2F)c(Br)cc1OCc1ccc(Cl)cc1. The molecule has 0 aliphatic carbocycles. The van der Waals surface area contributed by atoms with Gasteiger partial charge in [-0.3, -0.25) is 0 Å². The molecule has 0 fully saturated rings. The van der Waals surface area contributed by atoms with E-state index in [9.17, 15) is 9.65 Å². The minimum atomic E-state index is -0.450. The number of hydrogen-bond donors (Lipinski definition) is 0. The van der Waals surface area contributed by atoms with Gasteiger partial charge in [0.25, 0.3) is 0 Å². The normalized spacial score (nSPS) is 11.1. The summed E-state index contributed by atoms with van der Waals surface area (Å²) >= 11 is 9.44. The summed E-state index contributed by atoms with van der Waals surface area (Å²) in [5.74, 6) is 0.640. The zero-order chi connectivity index (χ0) is 21.5. The Labute approximate surface area is 188 Å². The van der Waals surface area contributed by atoms with Crippen molar-refractivity contribution in [2.24, 2.45) is 0 Å². The van der Waals surface area contributed by atoms with Crippen molar-refractivity contribution in [3.05, 3.63) is 92.7 Å². The lowest BCUT2D eigenvalue weighted by atomic mass is 10.0. The molecule has 3 nitrogen and oxygen atoms in total. The van der Waals surface area contributed by atoms with Crippen LogP contribution in [-0.4, -0.2) is 6.61 Å². The highest BCUT2D eigenvalue weighted by atomic mass is 79.9. The predicted molar refractivity (Wildman–Crippen MR) is 121 cm³/mol. The Morgan fingerprint density at radius 1 is 1.10 bits per heavy atom. The summed E-state index contributed by atoms with van der Waals surface area (Å²) in [6.07, 6.45) is 1.62. The molecule has 30 heavy (non-hydrogen) atoms. The zero-order valence-electron chi connectivity index (χ0n) is 16.2. The van der Waals surface area contributed by atoms with E-state index in [0.29, 0.717) is 39.8 Å². The van der Waals surface area contributed by atoms with Crippen LogP contribution < -0.4 is 9.47 Å². The molecule has 3 aromatic carbocycles. The topological polar surface area (TPSA) is 42.2 Å². The van der Waals surface area contributed by atoms with Gasteiger partial charge in [0.2, 0.25) is 0 Å². The van der Waals surface area contributed by atoms with E-state index < -0.39 is 5.82 Å². The quantitative estimate of drug-likeness (QED) is 0.260. The minimum Gasteiger partial charge on any atom is -0.490 e. The van der Waals surface area contributed by atoms with Crippen LogP contribution in [0.25, 0.3) is 11.6 Å². The fourth-order valence-corrected chi connectivity index (χ4v) is 3.35. The van der Waals surface area contributed by atoms with Gasteiger partial charge >= 0.3 is 0 Å². The maximum absolute atomic E-state index is 14.1. The summed E-state index contributed by atoms with van der Waals surface area (Å²) in [6, 6.07) is 19.2. The maximum Gasteiger partial charge on any atom is 0.162 e. The first-order chi connectivity index (χ1) is 14.5. The number of halogens is 3. The van der Waals surface area contributed by atoms with Gasteiger partial charge in [-0.15, -0.1) is 0 Å². The van der Waals surface area contributed by atoms with Gasteiger partial charge in [-0.25, -0.2) is 4.39 Å². The van der Waals surface area contributed by atoms with Crippen molar-refractivity contribution in [3.8, 4) is 17.6 Å². The molecule has 0 N–H and O–H groups in total. The molecule has 0 saturated heterocycles. The smallest absolute Gasteiger partial charge is 0.162 e. The highest BCUT2D eigenvalue weighted by Crippen LogP contribution is 2.36. The monoisotopic (exact) mass is 485 g/mol. The largest absolute Gasteiger partial charge is 0.490 e. The third kappa shape index (κ3) is 5.41. The summed E-state index contributed by atoms with van der Waals surface area (Å²) < 4.78 is 26.5. The second-order valence-electron chi connectivity index (χ2n) is 6.32. The van der Waals surface area contributed by atoms with E-state index in [2.05, 4.69) is 22.0 Å². The van der Waals surface area contributed by atoms with Crippen molar-refractivity contribution < 1.29 is 13.9 Å². The molecule has 0 bridgehead atoms. The molecule has 0 amide bonds. The first-order valence-electron chi connectivity index (χ1n) is 9.22. The van der Waals surface area contributed by atoms with Gasteiger partial charge in [-0.2, -0.15) is 5.26 Å². The Morgan fingerprint density at radius 3 is 2.47 bits per heavy atom. The molecule has 0 spiro atoms. The lowest BCUT2D eigenvalue weighted by Crippen LogP contribution is -2.00. The molecule has 0 unspecified atom stereocenters. The fraction of sp³-hybridized carbons (Fsp3) is 0.125.